The Hall–Kier alpha value is -0.630. The van der Waals surface area contributed by atoms with Gasteiger partial charge in [0.05, 0.1) is 25.9 Å². The smallest absolute Gasteiger partial charge is 0.119 e. The van der Waals surface area contributed by atoms with Gasteiger partial charge in [0.2, 0.25) is 0 Å². The second-order valence-electron chi connectivity index (χ2n) is 2.31. The number of likely N-dealkylation sites (N-methyl/N-ethyl adjacent to an activating group) is 1. The molecule has 4 nitrogen and oxygen atoms in total. The van der Waals surface area contributed by atoms with Gasteiger partial charge in [-0.3, -0.25) is 0 Å². The number of nitrogens with one attached hydrogen (secondary N) is 1. The van der Waals surface area contributed by atoms with Gasteiger partial charge in [-0.25, -0.2) is 0 Å². The van der Waals surface area contributed by atoms with Gasteiger partial charge in [0, 0.05) is 7.11 Å². The zero-order valence-electron chi connectivity index (χ0n) is 7.67. The molecule has 0 aliphatic carbocycles. The number of nitriles is 1. The highest BCUT2D eigenvalue weighted by molar-refractivity contribution is 4.88. The zero-order valence-corrected chi connectivity index (χ0v) is 7.67. The summed E-state index contributed by atoms with van der Waals surface area (Å²) in [6.45, 7) is 4.28. The molecule has 12 heavy (non-hydrogen) atoms. The van der Waals surface area contributed by atoms with Gasteiger partial charge in [0.15, 0.2) is 0 Å². The minimum Gasteiger partial charge on any atom is -0.382 e. The Morgan fingerprint density at radius 1 is 1.50 bits per heavy atom. The van der Waals surface area contributed by atoms with Gasteiger partial charge in [0.25, 0.3) is 0 Å². The first-order valence-corrected chi connectivity index (χ1v) is 4.04. The van der Waals surface area contributed by atoms with Crippen LogP contribution in [-0.4, -0.2) is 39.5 Å². The van der Waals surface area contributed by atoms with E-state index in [1.165, 1.54) is 0 Å². The quantitative estimate of drug-likeness (QED) is 0.555. The molecule has 1 unspecified atom stereocenters. The number of ether oxygens (including phenoxy) is 2. The average molecular weight is 172 g/mol. The molecule has 0 rings (SSSR count). The molecule has 1 N–H and O–H groups in total. The number of methoxy groups -OCH3 is 1. The predicted molar refractivity (Wildman–Crippen MR) is 45.8 cm³/mol. The Labute approximate surface area is 73.5 Å². The van der Waals surface area contributed by atoms with Crippen molar-refractivity contribution in [1.82, 2.24) is 5.32 Å². The molecule has 0 aromatic rings. The van der Waals surface area contributed by atoms with Gasteiger partial charge in [-0.1, -0.05) is 6.92 Å². The third-order valence-corrected chi connectivity index (χ3v) is 1.32. The molecular weight excluding hydrogens is 156 g/mol. The zero-order chi connectivity index (χ0) is 9.23. The van der Waals surface area contributed by atoms with Crippen LogP contribution >= 0.6 is 0 Å². The van der Waals surface area contributed by atoms with Gasteiger partial charge in [0.1, 0.15) is 6.04 Å². The summed E-state index contributed by atoms with van der Waals surface area (Å²) in [5, 5.41) is 11.6. The van der Waals surface area contributed by atoms with Gasteiger partial charge < -0.3 is 14.8 Å². The monoisotopic (exact) mass is 172 g/mol. The first kappa shape index (κ1) is 11.4. The standard InChI is InChI=1S/C8H16N2O2/c1-3-10-8(6-9)7-12-5-4-11-2/h8,10H,3-5,7H2,1-2H3. The van der Waals surface area contributed by atoms with E-state index in [0.29, 0.717) is 19.8 Å². The van der Waals surface area contributed by atoms with Crippen LogP contribution in [0.3, 0.4) is 0 Å². The minimum absolute atomic E-state index is 0.202. The van der Waals surface area contributed by atoms with E-state index in [4.69, 9.17) is 14.7 Å². The molecule has 4 heteroatoms. The second kappa shape index (κ2) is 8.47. The van der Waals surface area contributed by atoms with E-state index in [2.05, 4.69) is 11.4 Å². The summed E-state index contributed by atoms with van der Waals surface area (Å²) in [5.41, 5.74) is 0. The SMILES string of the molecule is CCNC(C#N)COCCOC. The number of hydrogen-bond acceptors (Lipinski definition) is 4. The lowest BCUT2D eigenvalue weighted by Crippen LogP contribution is -2.32. The lowest BCUT2D eigenvalue weighted by Gasteiger charge is -2.09. The van der Waals surface area contributed by atoms with Gasteiger partial charge in [-0.2, -0.15) is 5.26 Å². The van der Waals surface area contributed by atoms with E-state index in [1.54, 1.807) is 7.11 Å². The van der Waals surface area contributed by atoms with Crippen molar-refractivity contribution in [3.05, 3.63) is 0 Å². The van der Waals surface area contributed by atoms with Gasteiger partial charge in [-0.15, -0.1) is 0 Å². The Bertz CT molecular complexity index is 134. The third kappa shape index (κ3) is 6.10. The normalized spacial score (nSPS) is 12.4. The Morgan fingerprint density at radius 3 is 2.75 bits per heavy atom. The molecule has 0 spiro atoms. The van der Waals surface area contributed by atoms with Gasteiger partial charge in [-0.05, 0) is 6.54 Å². The van der Waals surface area contributed by atoms with Crippen molar-refractivity contribution in [2.75, 3.05) is 33.5 Å². The van der Waals surface area contributed by atoms with Crippen LogP contribution in [-0.2, 0) is 9.47 Å². The van der Waals surface area contributed by atoms with E-state index >= 15 is 0 Å². The van der Waals surface area contributed by atoms with Crippen molar-refractivity contribution in [2.45, 2.75) is 13.0 Å². The first-order valence-electron chi connectivity index (χ1n) is 4.04. The Balaban J connectivity index is 3.27. The number of nitrogens with zero attached hydrogens (tertiary/aromatic N) is 1. The molecule has 1 atom stereocenters. The fourth-order valence-electron chi connectivity index (χ4n) is 0.732. The maximum absolute atomic E-state index is 8.59. The van der Waals surface area contributed by atoms with E-state index in [9.17, 15) is 0 Å². The fraction of sp³-hybridized carbons (Fsp3) is 0.875. The molecule has 0 saturated heterocycles. The molecule has 70 valence electrons. The van der Waals surface area contributed by atoms with Crippen molar-refractivity contribution in [2.24, 2.45) is 0 Å². The van der Waals surface area contributed by atoms with Crippen molar-refractivity contribution < 1.29 is 9.47 Å². The van der Waals surface area contributed by atoms with E-state index in [0.717, 1.165) is 6.54 Å². The molecule has 0 amide bonds. The van der Waals surface area contributed by atoms with Crippen LogP contribution < -0.4 is 5.32 Å². The Kier molecular flexibility index (Phi) is 8.02. The summed E-state index contributed by atoms with van der Waals surface area (Å²) in [6.07, 6.45) is 0. The molecule has 0 heterocycles. The lowest BCUT2D eigenvalue weighted by atomic mass is 10.3. The second-order valence-corrected chi connectivity index (χ2v) is 2.31. The van der Waals surface area contributed by atoms with Crippen LogP contribution in [0.2, 0.25) is 0 Å². The average Bonchev–Trinajstić information content (AvgIpc) is 2.10. The summed E-state index contributed by atoms with van der Waals surface area (Å²) in [6, 6.07) is 1.90. The number of rotatable bonds is 7. The van der Waals surface area contributed by atoms with Gasteiger partial charge >= 0.3 is 0 Å². The van der Waals surface area contributed by atoms with Crippen molar-refractivity contribution >= 4 is 0 Å². The molecule has 0 radical (unpaired) electrons. The molecule has 0 bridgehead atoms. The van der Waals surface area contributed by atoms with Crippen molar-refractivity contribution in [3.8, 4) is 6.07 Å². The molecule has 0 aromatic carbocycles. The highest BCUT2D eigenvalue weighted by atomic mass is 16.5. The van der Waals surface area contributed by atoms with Crippen molar-refractivity contribution in [3.63, 3.8) is 0 Å². The highest BCUT2D eigenvalue weighted by Crippen LogP contribution is 1.84. The van der Waals surface area contributed by atoms with E-state index in [1.807, 2.05) is 6.92 Å². The summed E-state index contributed by atoms with van der Waals surface area (Å²) in [4.78, 5) is 0. The van der Waals surface area contributed by atoms with E-state index in [-0.39, 0.29) is 6.04 Å². The summed E-state index contributed by atoms with van der Waals surface area (Å²) in [7, 11) is 1.62. The Morgan fingerprint density at radius 2 is 2.25 bits per heavy atom. The largest absolute Gasteiger partial charge is 0.382 e. The van der Waals surface area contributed by atoms with Crippen LogP contribution in [0.25, 0.3) is 0 Å². The van der Waals surface area contributed by atoms with Crippen LogP contribution in [0, 0.1) is 11.3 Å². The van der Waals surface area contributed by atoms with Crippen LogP contribution in [0.5, 0.6) is 0 Å². The third-order valence-electron chi connectivity index (χ3n) is 1.32. The predicted octanol–water partition coefficient (Wildman–Crippen LogP) is 0.151. The van der Waals surface area contributed by atoms with Crippen molar-refractivity contribution in [1.29, 1.82) is 5.26 Å². The fourth-order valence-corrected chi connectivity index (χ4v) is 0.732. The number of hydrogen-bond donors (Lipinski definition) is 1. The topological polar surface area (TPSA) is 54.3 Å². The summed E-state index contributed by atoms with van der Waals surface area (Å²) < 4.78 is 9.96. The molecule has 0 aliphatic rings. The molecule has 0 aromatic heterocycles. The van der Waals surface area contributed by atoms with Crippen LogP contribution in [0.1, 0.15) is 6.92 Å². The highest BCUT2D eigenvalue weighted by Gasteiger charge is 2.03. The van der Waals surface area contributed by atoms with Crippen LogP contribution in [0.15, 0.2) is 0 Å². The lowest BCUT2D eigenvalue weighted by molar-refractivity contribution is 0.0654. The van der Waals surface area contributed by atoms with Crippen LogP contribution in [0.4, 0.5) is 0 Å². The first-order chi connectivity index (χ1) is 5.85. The molecule has 0 aliphatic heterocycles. The molecular formula is C8H16N2O2. The molecule has 0 fully saturated rings. The van der Waals surface area contributed by atoms with E-state index < -0.39 is 0 Å². The summed E-state index contributed by atoms with van der Waals surface area (Å²) >= 11 is 0. The molecule has 0 saturated carbocycles. The minimum atomic E-state index is -0.202. The maximum Gasteiger partial charge on any atom is 0.119 e. The maximum atomic E-state index is 8.59. The summed E-state index contributed by atoms with van der Waals surface area (Å²) in [5.74, 6) is 0.